The minimum Gasteiger partial charge on any atom is -0.497 e. The van der Waals surface area contributed by atoms with Gasteiger partial charge in [0, 0.05) is 13.0 Å². The lowest BCUT2D eigenvalue weighted by atomic mass is 10.1. The van der Waals surface area contributed by atoms with Crippen LogP contribution in [0.1, 0.15) is 17.5 Å². The normalized spacial score (nSPS) is 16.9. The molecule has 198 valence electrons. The smallest absolute Gasteiger partial charge is 0.238 e. The number of thioether (sulfide) groups is 1. The average molecular weight is 553 g/mol. The van der Waals surface area contributed by atoms with E-state index in [0.29, 0.717) is 30.4 Å². The van der Waals surface area contributed by atoms with Gasteiger partial charge in [0.25, 0.3) is 0 Å². The zero-order valence-corrected chi connectivity index (χ0v) is 22.4. The van der Waals surface area contributed by atoms with Gasteiger partial charge in [-0.25, -0.2) is 18.5 Å². The summed E-state index contributed by atoms with van der Waals surface area (Å²) in [5.41, 5.74) is 2.45. The van der Waals surface area contributed by atoms with Crippen LogP contribution in [0.15, 0.2) is 88.8 Å². The number of nitrogens with one attached hydrogen (secondary N) is 1. The lowest BCUT2D eigenvalue weighted by Gasteiger charge is -2.32. The van der Waals surface area contributed by atoms with E-state index in [4.69, 9.17) is 9.88 Å². The number of amidine groups is 1. The molecule has 4 rings (SSSR count). The number of carbonyl (C=O) groups excluding carboxylic acids is 2. The number of sulfonamides is 1. The molecule has 0 spiro atoms. The van der Waals surface area contributed by atoms with Crippen molar-refractivity contribution in [2.75, 3.05) is 13.7 Å². The topological polar surface area (TPSA) is 131 Å². The van der Waals surface area contributed by atoms with Gasteiger partial charge in [-0.3, -0.25) is 14.5 Å². The van der Waals surface area contributed by atoms with Gasteiger partial charge in [0.2, 0.25) is 21.8 Å². The molecule has 1 atom stereocenters. The minimum absolute atomic E-state index is 0.0341. The summed E-state index contributed by atoms with van der Waals surface area (Å²) in [4.78, 5) is 32.5. The third kappa shape index (κ3) is 7.21. The first-order valence-electron chi connectivity index (χ1n) is 11.9. The minimum atomic E-state index is -3.75. The number of hydrogen-bond acceptors (Lipinski definition) is 7. The number of aliphatic imine (C=N–C) groups is 1. The van der Waals surface area contributed by atoms with Gasteiger partial charge in [-0.15, -0.1) is 0 Å². The third-order valence-corrected chi connectivity index (χ3v) is 7.99. The largest absolute Gasteiger partial charge is 0.497 e. The Kier molecular flexibility index (Phi) is 8.82. The maximum Gasteiger partial charge on any atom is 0.238 e. The maximum atomic E-state index is 13.2. The van der Waals surface area contributed by atoms with E-state index in [0.717, 1.165) is 16.9 Å². The number of para-hydroxylation sites is 1. The van der Waals surface area contributed by atoms with Crippen molar-refractivity contribution in [2.24, 2.45) is 10.1 Å². The summed E-state index contributed by atoms with van der Waals surface area (Å²) in [5, 5.41) is 7.85. The Hall–Kier alpha value is -3.67. The molecule has 0 aromatic heterocycles. The van der Waals surface area contributed by atoms with E-state index in [-0.39, 0.29) is 23.1 Å². The number of hydrogen-bond donors (Lipinski definition) is 2. The van der Waals surface area contributed by atoms with Crippen LogP contribution in [0.4, 0.5) is 5.69 Å². The first kappa shape index (κ1) is 27.4. The Morgan fingerprint density at radius 1 is 1.05 bits per heavy atom. The Morgan fingerprint density at radius 3 is 2.34 bits per heavy atom. The van der Waals surface area contributed by atoms with E-state index >= 15 is 0 Å². The molecule has 1 fully saturated rings. The van der Waals surface area contributed by atoms with Crippen molar-refractivity contribution >= 4 is 44.5 Å². The van der Waals surface area contributed by atoms with Gasteiger partial charge in [0.05, 0.1) is 29.5 Å². The van der Waals surface area contributed by atoms with Crippen molar-refractivity contribution in [1.82, 2.24) is 10.2 Å². The molecular formula is C27H28N4O5S2. The first-order chi connectivity index (χ1) is 18.2. The summed E-state index contributed by atoms with van der Waals surface area (Å²) >= 11 is 1.26. The molecule has 1 aliphatic heterocycles. The molecule has 0 radical (unpaired) electrons. The van der Waals surface area contributed by atoms with Crippen LogP contribution in [0, 0.1) is 0 Å². The fraction of sp³-hybridized carbons (Fsp3) is 0.222. The van der Waals surface area contributed by atoms with Crippen molar-refractivity contribution < 1.29 is 22.7 Å². The molecular weight excluding hydrogens is 524 g/mol. The van der Waals surface area contributed by atoms with Crippen LogP contribution in [0.2, 0.25) is 0 Å². The number of rotatable bonds is 9. The van der Waals surface area contributed by atoms with Gasteiger partial charge in [-0.05, 0) is 53.9 Å². The molecule has 0 aliphatic carbocycles. The summed E-state index contributed by atoms with van der Waals surface area (Å²) < 4.78 is 28.0. The first-order valence-corrected chi connectivity index (χ1v) is 14.3. The van der Waals surface area contributed by atoms with Gasteiger partial charge >= 0.3 is 0 Å². The molecule has 1 unspecified atom stereocenters. The van der Waals surface area contributed by atoms with Gasteiger partial charge in [0.15, 0.2) is 5.17 Å². The maximum absolute atomic E-state index is 13.2. The van der Waals surface area contributed by atoms with E-state index < -0.39 is 15.3 Å². The predicted molar refractivity (Wildman–Crippen MR) is 148 cm³/mol. The fourth-order valence-corrected chi connectivity index (χ4v) is 5.45. The lowest BCUT2D eigenvalue weighted by molar-refractivity contribution is -0.130. The van der Waals surface area contributed by atoms with Crippen molar-refractivity contribution in [2.45, 2.75) is 29.5 Å². The zero-order valence-electron chi connectivity index (χ0n) is 20.7. The Bertz CT molecular complexity index is 1410. The zero-order chi connectivity index (χ0) is 27.1. The number of amides is 2. The Morgan fingerprint density at radius 2 is 1.71 bits per heavy atom. The number of carbonyl (C=O) groups is 2. The van der Waals surface area contributed by atoms with Crippen molar-refractivity contribution in [1.29, 1.82) is 0 Å². The van der Waals surface area contributed by atoms with E-state index in [2.05, 4.69) is 10.3 Å². The quantitative estimate of drug-likeness (QED) is 0.419. The Balaban J connectivity index is 1.43. The molecule has 2 amide bonds. The molecule has 0 saturated carbocycles. The summed E-state index contributed by atoms with van der Waals surface area (Å²) in [7, 11) is -2.16. The SMILES string of the molecule is COc1ccc(CN2C(=O)CC(C(=O)NCCc3ccc(S(N)(=O)=O)cc3)SC2=Nc2ccccc2)cc1. The van der Waals surface area contributed by atoms with Gasteiger partial charge < -0.3 is 10.1 Å². The molecule has 1 aliphatic rings. The highest BCUT2D eigenvalue weighted by molar-refractivity contribution is 8.15. The second-order valence-corrected chi connectivity index (χ2v) is 11.3. The van der Waals surface area contributed by atoms with Crippen LogP contribution in [0.25, 0.3) is 0 Å². The molecule has 3 aromatic rings. The van der Waals surface area contributed by atoms with Gasteiger partial charge in [-0.1, -0.05) is 54.2 Å². The van der Waals surface area contributed by atoms with Crippen molar-refractivity contribution in [3.05, 3.63) is 90.0 Å². The number of nitrogens with two attached hydrogens (primary N) is 1. The Labute approximate surface area is 226 Å². The molecule has 11 heteroatoms. The van der Waals surface area contributed by atoms with Gasteiger partial charge in [0.1, 0.15) is 5.75 Å². The average Bonchev–Trinajstić information content (AvgIpc) is 2.91. The second kappa shape index (κ2) is 12.2. The van der Waals surface area contributed by atoms with Crippen LogP contribution in [-0.4, -0.2) is 49.2 Å². The summed E-state index contributed by atoms with van der Waals surface area (Å²) in [6.07, 6.45) is 0.542. The second-order valence-electron chi connectivity index (χ2n) is 8.60. The van der Waals surface area contributed by atoms with Crippen LogP contribution in [-0.2, 0) is 32.6 Å². The van der Waals surface area contributed by atoms with Crippen molar-refractivity contribution in [3.8, 4) is 5.75 Å². The standard InChI is InChI=1S/C27H28N4O5S2/c1-36-22-11-7-20(8-12-22)18-31-25(32)17-24(37-27(31)30-21-5-3-2-4-6-21)26(33)29-16-15-19-9-13-23(14-10-19)38(28,34)35/h2-14,24H,15-18H2,1H3,(H,29,33)(H2,28,34,35). The molecule has 38 heavy (non-hydrogen) atoms. The summed E-state index contributed by atoms with van der Waals surface area (Å²) in [5.74, 6) is 0.283. The lowest BCUT2D eigenvalue weighted by Crippen LogP contribution is -2.46. The highest BCUT2D eigenvalue weighted by Gasteiger charge is 2.35. The monoisotopic (exact) mass is 552 g/mol. The molecule has 1 heterocycles. The number of benzene rings is 3. The number of methoxy groups -OCH3 is 1. The van der Waals surface area contributed by atoms with Crippen LogP contribution in [0.3, 0.4) is 0 Å². The number of ether oxygens (including phenoxy) is 1. The van der Waals surface area contributed by atoms with E-state index in [1.807, 2.05) is 54.6 Å². The highest BCUT2D eigenvalue weighted by Crippen LogP contribution is 2.30. The molecule has 9 nitrogen and oxygen atoms in total. The van der Waals surface area contributed by atoms with E-state index in [1.165, 1.54) is 23.9 Å². The van der Waals surface area contributed by atoms with Crippen LogP contribution < -0.4 is 15.2 Å². The fourth-order valence-electron chi connectivity index (χ4n) is 3.81. The van der Waals surface area contributed by atoms with Crippen LogP contribution >= 0.6 is 11.8 Å². The number of nitrogens with zero attached hydrogens (tertiary/aromatic N) is 2. The molecule has 3 aromatic carbocycles. The van der Waals surface area contributed by atoms with E-state index in [1.54, 1.807) is 24.1 Å². The van der Waals surface area contributed by atoms with Crippen molar-refractivity contribution in [3.63, 3.8) is 0 Å². The predicted octanol–water partition coefficient (Wildman–Crippen LogP) is 3.22. The number of primary sulfonamides is 1. The third-order valence-electron chi connectivity index (χ3n) is 5.88. The molecule has 1 saturated heterocycles. The van der Waals surface area contributed by atoms with E-state index in [9.17, 15) is 18.0 Å². The van der Waals surface area contributed by atoms with Crippen LogP contribution in [0.5, 0.6) is 5.75 Å². The summed E-state index contributed by atoms with van der Waals surface area (Å²) in [6, 6.07) is 22.9. The highest BCUT2D eigenvalue weighted by atomic mass is 32.2. The summed E-state index contributed by atoms with van der Waals surface area (Å²) in [6.45, 7) is 0.657. The molecule has 3 N–H and O–H groups in total. The molecule has 0 bridgehead atoms. The van der Waals surface area contributed by atoms with Gasteiger partial charge in [-0.2, -0.15) is 0 Å².